The first kappa shape index (κ1) is 9.31. The number of benzene rings is 1. The fourth-order valence-electron chi connectivity index (χ4n) is 0.670. The third kappa shape index (κ3) is 3.56. The maximum absolute atomic E-state index is 10.1. The summed E-state index contributed by atoms with van der Waals surface area (Å²) in [6, 6.07) is 9.93. The van der Waals surface area contributed by atoms with Gasteiger partial charge in [-0.1, -0.05) is 0 Å². The van der Waals surface area contributed by atoms with Gasteiger partial charge in [0.05, 0.1) is 0 Å². The second-order valence-corrected chi connectivity index (χ2v) is 4.87. The van der Waals surface area contributed by atoms with Crippen molar-refractivity contribution in [3.05, 3.63) is 40.5 Å². The molecule has 1 N–H and O–H groups in total. The Kier molecular flexibility index (Phi) is 3.86. The zero-order valence-electron chi connectivity index (χ0n) is 6.31. The van der Waals surface area contributed by atoms with E-state index in [1.807, 2.05) is 30.3 Å². The molecule has 12 heavy (non-hydrogen) atoms. The first-order valence-electron chi connectivity index (χ1n) is 3.40. The molecule has 0 saturated carbocycles. The minimum absolute atomic E-state index is 0.439. The SMILES string of the molecule is O=C(O)/C=C\[Te]c1ccccc1. The predicted octanol–water partition coefficient (Wildman–Crippen LogP) is 0.614. The molecule has 62 valence electrons. The van der Waals surface area contributed by atoms with Gasteiger partial charge in [-0.3, -0.25) is 0 Å². The Morgan fingerprint density at radius 3 is 2.58 bits per heavy atom. The Balaban J connectivity index is 2.49. The molecule has 0 aromatic heterocycles. The Morgan fingerprint density at radius 2 is 2.00 bits per heavy atom. The zero-order valence-corrected chi connectivity index (χ0v) is 8.64. The van der Waals surface area contributed by atoms with Gasteiger partial charge in [-0.05, 0) is 0 Å². The van der Waals surface area contributed by atoms with Crippen LogP contribution in [-0.2, 0) is 4.79 Å². The van der Waals surface area contributed by atoms with Crippen LogP contribution >= 0.6 is 0 Å². The summed E-state index contributed by atoms with van der Waals surface area (Å²) in [7, 11) is 0. The molecule has 1 aromatic rings. The van der Waals surface area contributed by atoms with Crippen molar-refractivity contribution in [2.24, 2.45) is 0 Å². The standard InChI is InChI=1S/C9H8O2Te/c10-9(11)6-7-12-8-4-2-1-3-5-8/h1-7H,(H,10,11)/b7-6-. The summed E-state index contributed by atoms with van der Waals surface area (Å²) in [6.45, 7) is 0. The summed E-state index contributed by atoms with van der Waals surface area (Å²) in [5, 5.41) is 8.33. The van der Waals surface area contributed by atoms with E-state index in [1.54, 1.807) is 4.12 Å². The Morgan fingerprint density at radius 1 is 1.33 bits per heavy atom. The van der Waals surface area contributed by atoms with E-state index in [0.717, 1.165) is 0 Å². The van der Waals surface area contributed by atoms with E-state index >= 15 is 0 Å². The number of carboxylic acids is 1. The number of aliphatic carboxylic acids is 1. The van der Waals surface area contributed by atoms with Crippen molar-refractivity contribution in [1.82, 2.24) is 0 Å². The van der Waals surface area contributed by atoms with Crippen LogP contribution in [0.2, 0.25) is 0 Å². The zero-order chi connectivity index (χ0) is 8.81. The molecule has 0 spiro atoms. The monoisotopic (exact) mass is 278 g/mol. The molecule has 0 bridgehead atoms. The molecule has 0 unspecified atom stereocenters. The van der Waals surface area contributed by atoms with Crippen LogP contribution in [0.4, 0.5) is 0 Å². The van der Waals surface area contributed by atoms with E-state index in [0.29, 0.717) is 0 Å². The Bertz CT molecular complexity index is 280. The van der Waals surface area contributed by atoms with Gasteiger partial charge >= 0.3 is 80.9 Å². The van der Waals surface area contributed by atoms with Crippen molar-refractivity contribution in [2.45, 2.75) is 0 Å². The molecule has 2 nitrogen and oxygen atoms in total. The van der Waals surface area contributed by atoms with Gasteiger partial charge in [0, 0.05) is 0 Å². The van der Waals surface area contributed by atoms with Gasteiger partial charge in [0.1, 0.15) is 0 Å². The quantitative estimate of drug-likeness (QED) is 0.648. The average molecular weight is 276 g/mol. The fraction of sp³-hybridized carbons (Fsp3) is 0. The van der Waals surface area contributed by atoms with Crippen molar-refractivity contribution in [3.63, 3.8) is 0 Å². The maximum atomic E-state index is 10.1. The topological polar surface area (TPSA) is 37.3 Å². The molecule has 0 heterocycles. The first-order valence-corrected chi connectivity index (χ1v) is 5.91. The van der Waals surface area contributed by atoms with Crippen LogP contribution in [0.5, 0.6) is 0 Å². The van der Waals surface area contributed by atoms with Crippen LogP contribution in [0.25, 0.3) is 0 Å². The third-order valence-corrected chi connectivity index (χ3v) is 3.49. The van der Waals surface area contributed by atoms with Crippen molar-refractivity contribution in [1.29, 1.82) is 0 Å². The van der Waals surface area contributed by atoms with Gasteiger partial charge in [-0.2, -0.15) is 0 Å². The number of hydrogen-bond acceptors (Lipinski definition) is 1. The summed E-state index contributed by atoms with van der Waals surface area (Å²) < 4.78 is 3.02. The molecule has 0 aliphatic heterocycles. The Labute approximate surface area is 81.0 Å². The van der Waals surface area contributed by atoms with Crippen LogP contribution in [-0.4, -0.2) is 32.0 Å². The molecule has 0 saturated heterocycles. The minimum atomic E-state index is -0.865. The summed E-state index contributed by atoms with van der Waals surface area (Å²) in [5.74, 6) is -0.865. The number of carboxylic acid groups (broad SMARTS) is 1. The van der Waals surface area contributed by atoms with Crippen LogP contribution < -0.4 is 3.61 Å². The third-order valence-electron chi connectivity index (χ3n) is 1.16. The van der Waals surface area contributed by atoms with E-state index in [4.69, 9.17) is 5.11 Å². The van der Waals surface area contributed by atoms with E-state index in [-0.39, 0.29) is 0 Å². The molecule has 0 aliphatic rings. The molecule has 3 heteroatoms. The van der Waals surface area contributed by atoms with Gasteiger partial charge < -0.3 is 0 Å². The van der Waals surface area contributed by atoms with Gasteiger partial charge in [-0.25, -0.2) is 0 Å². The van der Waals surface area contributed by atoms with Gasteiger partial charge in [-0.15, -0.1) is 0 Å². The average Bonchev–Trinajstić information content (AvgIpc) is 2.05. The van der Waals surface area contributed by atoms with Crippen molar-refractivity contribution < 1.29 is 9.90 Å². The molecule has 0 aliphatic carbocycles. The summed E-state index contributed by atoms with van der Waals surface area (Å²) in [6.07, 6.45) is 1.22. The summed E-state index contributed by atoms with van der Waals surface area (Å²) >= 11 is -0.439. The van der Waals surface area contributed by atoms with Crippen LogP contribution in [0.15, 0.2) is 40.5 Å². The predicted molar refractivity (Wildman–Crippen MR) is 48.6 cm³/mol. The molecule has 1 rings (SSSR count). The molecule has 0 amide bonds. The molecular formula is C9H8O2Te. The first-order chi connectivity index (χ1) is 5.79. The molecule has 0 radical (unpaired) electrons. The van der Waals surface area contributed by atoms with Crippen LogP contribution in [0.1, 0.15) is 0 Å². The molecule has 0 fully saturated rings. The van der Waals surface area contributed by atoms with E-state index < -0.39 is 26.9 Å². The molecular weight excluding hydrogens is 268 g/mol. The van der Waals surface area contributed by atoms with E-state index in [1.165, 1.54) is 9.69 Å². The van der Waals surface area contributed by atoms with E-state index in [2.05, 4.69) is 0 Å². The second-order valence-electron chi connectivity index (χ2n) is 2.07. The number of rotatable bonds is 3. The van der Waals surface area contributed by atoms with Crippen LogP contribution in [0, 0.1) is 0 Å². The number of hydrogen-bond donors (Lipinski definition) is 1. The second kappa shape index (κ2) is 4.97. The van der Waals surface area contributed by atoms with Crippen molar-refractivity contribution in [3.8, 4) is 0 Å². The summed E-state index contributed by atoms with van der Waals surface area (Å²) in [4.78, 5) is 10.1. The van der Waals surface area contributed by atoms with Crippen molar-refractivity contribution >= 4 is 30.5 Å². The van der Waals surface area contributed by atoms with E-state index in [9.17, 15) is 4.79 Å². The van der Waals surface area contributed by atoms with Gasteiger partial charge in [0.25, 0.3) is 0 Å². The van der Waals surface area contributed by atoms with Gasteiger partial charge in [0.15, 0.2) is 0 Å². The van der Waals surface area contributed by atoms with Crippen LogP contribution in [0.3, 0.4) is 0 Å². The fourth-order valence-corrected chi connectivity index (χ4v) is 2.54. The number of carbonyl (C=O) groups is 1. The normalized spacial score (nSPS) is 10.3. The Hall–Kier alpha value is -0.780. The van der Waals surface area contributed by atoms with Crippen molar-refractivity contribution in [2.75, 3.05) is 0 Å². The molecule has 1 aromatic carbocycles. The summed E-state index contributed by atoms with van der Waals surface area (Å²) in [5.41, 5.74) is 0. The molecule has 0 atom stereocenters. The van der Waals surface area contributed by atoms with Gasteiger partial charge in [0.2, 0.25) is 0 Å².